The summed E-state index contributed by atoms with van der Waals surface area (Å²) in [7, 11) is 0. The average Bonchev–Trinajstić information content (AvgIpc) is 2.53. The van der Waals surface area contributed by atoms with Crippen LogP contribution in [0.2, 0.25) is 0 Å². The van der Waals surface area contributed by atoms with E-state index in [4.69, 9.17) is 5.73 Å². The molecule has 2 aromatic carbocycles. The number of anilines is 1. The highest BCUT2D eigenvalue weighted by atomic mass is 32.1. The fraction of sp³-hybridized carbons (Fsp3) is 0. The molecule has 0 aliphatic carbocycles. The molecule has 3 rings (SSSR count). The minimum absolute atomic E-state index is 0.885. The minimum Gasteiger partial charge on any atom is -0.391 e. The Labute approximate surface area is 85.8 Å². The molecule has 0 aliphatic rings. The molecule has 3 aromatic rings. The van der Waals surface area contributed by atoms with Crippen LogP contribution in [0.4, 0.5) is 5.00 Å². The third kappa shape index (κ3) is 1.08. The summed E-state index contributed by atoms with van der Waals surface area (Å²) < 4.78 is 1.27. The van der Waals surface area contributed by atoms with Gasteiger partial charge in [-0.25, -0.2) is 0 Å². The van der Waals surface area contributed by atoms with Crippen LogP contribution in [0.5, 0.6) is 0 Å². The Hall–Kier alpha value is -1.54. The number of thiophene rings is 1. The monoisotopic (exact) mass is 199 g/mol. The zero-order valence-electron chi connectivity index (χ0n) is 7.53. The van der Waals surface area contributed by atoms with Crippen LogP contribution in [0.3, 0.4) is 0 Å². The maximum atomic E-state index is 5.77. The molecule has 1 heterocycles. The largest absolute Gasteiger partial charge is 0.391 e. The van der Waals surface area contributed by atoms with E-state index in [1.54, 1.807) is 11.3 Å². The molecule has 0 atom stereocenters. The number of nitrogens with two attached hydrogens (primary N) is 1. The van der Waals surface area contributed by atoms with Gasteiger partial charge in [0.1, 0.15) is 0 Å². The van der Waals surface area contributed by atoms with Crippen LogP contribution in [-0.2, 0) is 0 Å². The molecule has 0 bridgehead atoms. The lowest BCUT2D eigenvalue weighted by molar-refractivity contribution is 1.81. The van der Waals surface area contributed by atoms with Gasteiger partial charge in [-0.1, -0.05) is 24.3 Å². The van der Waals surface area contributed by atoms with Crippen LogP contribution in [0.25, 0.3) is 20.9 Å². The summed E-state index contributed by atoms with van der Waals surface area (Å²) in [6, 6.07) is 14.8. The van der Waals surface area contributed by atoms with Gasteiger partial charge in [0.25, 0.3) is 0 Å². The molecule has 0 fully saturated rings. The summed E-state index contributed by atoms with van der Waals surface area (Å²) in [6.45, 7) is 0. The van der Waals surface area contributed by atoms with Gasteiger partial charge in [0, 0.05) is 4.70 Å². The highest BCUT2D eigenvalue weighted by Gasteiger charge is 2.00. The molecular formula is C12H9NS. The summed E-state index contributed by atoms with van der Waals surface area (Å²) in [5.74, 6) is 0. The third-order valence-electron chi connectivity index (χ3n) is 2.40. The van der Waals surface area contributed by atoms with Crippen molar-refractivity contribution in [2.75, 3.05) is 5.73 Å². The average molecular weight is 199 g/mol. The van der Waals surface area contributed by atoms with E-state index in [1.807, 2.05) is 6.07 Å². The molecule has 2 heteroatoms. The van der Waals surface area contributed by atoms with Gasteiger partial charge in [-0.2, -0.15) is 0 Å². The van der Waals surface area contributed by atoms with Crippen molar-refractivity contribution in [3.05, 3.63) is 42.5 Å². The van der Waals surface area contributed by atoms with E-state index in [9.17, 15) is 0 Å². The second-order valence-electron chi connectivity index (χ2n) is 3.39. The van der Waals surface area contributed by atoms with Crippen molar-refractivity contribution in [1.82, 2.24) is 0 Å². The van der Waals surface area contributed by atoms with Gasteiger partial charge in [-0.3, -0.25) is 0 Å². The lowest BCUT2D eigenvalue weighted by atomic mass is 10.1. The lowest BCUT2D eigenvalue weighted by Gasteiger charge is -1.96. The fourth-order valence-electron chi connectivity index (χ4n) is 1.75. The Balaban J connectivity index is 2.51. The van der Waals surface area contributed by atoms with Crippen LogP contribution < -0.4 is 5.73 Å². The van der Waals surface area contributed by atoms with E-state index in [0.29, 0.717) is 0 Å². The van der Waals surface area contributed by atoms with Crippen molar-refractivity contribution in [2.45, 2.75) is 0 Å². The first kappa shape index (κ1) is 7.83. The molecule has 1 nitrogen and oxygen atoms in total. The topological polar surface area (TPSA) is 26.0 Å². The zero-order chi connectivity index (χ0) is 9.54. The number of benzene rings is 2. The van der Waals surface area contributed by atoms with Crippen molar-refractivity contribution in [1.29, 1.82) is 0 Å². The molecule has 0 unspecified atom stereocenters. The molecule has 0 radical (unpaired) electrons. The minimum atomic E-state index is 0.885. The Bertz CT molecular complexity index is 557. The summed E-state index contributed by atoms with van der Waals surface area (Å²) >= 11 is 1.64. The number of hydrogen-bond donors (Lipinski definition) is 1. The van der Waals surface area contributed by atoms with Crippen molar-refractivity contribution < 1.29 is 0 Å². The molecule has 0 amide bonds. The summed E-state index contributed by atoms with van der Waals surface area (Å²) in [5, 5.41) is 4.68. The molecule has 68 valence electrons. The highest BCUT2D eigenvalue weighted by molar-refractivity contribution is 7.22. The molecular weight excluding hydrogens is 190 g/mol. The second-order valence-corrected chi connectivity index (χ2v) is 4.50. The van der Waals surface area contributed by atoms with E-state index in [-0.39, 0.29) is 0 Å². The number of rotatable bonds is 0. The number of fused-ring (bicyclic) bond motifs is 2. The van der Waals surface area contributed by atoms with Crippen molar-refractivity contribution in [3.63, 3.8) is 0 Å². The fourth-order valence-corrected chi connectivity index (χ4v) is 2.61. The van der Waals surface area contributed by atoms with Gasteiger partial charge in [-0.05, 0) is 34.4 Å². The highest BCUT2D eigenvalue weighted by Crippen LogP contribution is 2.30. The quantitative estimate of drug-likeness (QED) is 0.587. The number of hydrogen-bond acceptors (Lipinski definition) is 2. The first-order valence-electron chi connectivity index (χ1n) is 4.51. The van der Waals surface area contributed by atoms with Gasteiger partial charge in [0.2, 0.25) is 0 Å². The summed E-state index contributed by atoms with van der Waals surface area (Å²) in [6.07, 6.45) is 0. The van der Waals surface area contributed by atoms with E-state index < -0.39 is 0 Å². The Morgan fingerprint density at radius 3 is 2.36 bits per heavy atom. The molecule has 2 N–H and O–H groups in total. The number of nitrogen functional groups attached to an aromatic ring is 1. The van der Waals surface area contributed by atoms with Gasteiger partial charge in [-0.15, -0.1) is 11.3 Å². The van der Waals surface area contributed by atoms with Crippen LogP contribution >= 0.6 is 11.3 Å². The van der Waals surface area contributed by atoms with Crippen LogP contribution in [0.15, 0.2) is 42.5 Å². The smallest absolute Gasteiger partial charge is 0.0868 e. The Kier molecular flexibility index (Phi) is 1.52. The normalized spacial score (nSPS) is 11.1. The van der Waals surface area contributed by atoms with Crippen molar-refractivity contribution in [2.24, 2.45) is 0 Å². The molecule has 0 saturated carbocycles. The van der Waals surface area contributed by atoms with E-state index in [0.717, 1.165) is 5.00 Å². The SMILES string of the molecule is Nc1cc2cc3ccccc3cc2s1. The lowest BCUT2D eigenvalue weighted by Crippen LogP contribution is -1.73. The summed E-state index contributed by atoms with van der Waals surface area (Å²) in [4.78, 5) is 0. The van der Waals surface area contributed by atoms with Gasteiger partial charge < -0.3 is 5.73 Å². The van der Waals surface area contributed by atoms with Crippen LogP contribution in [-0.4, -0.2) is 0 Å². The predicted molar refractivity (Wildman–Crippen MR) is 63.7 cm³/mol. The van der Waals surface area contributed by atoms with E-state index in [2.05, 4.69) is 36.4 Å². The van der Waals surface area contributed by atoms with Gasteiger partial charge >= 0.3 is 0 Å². The summed E-state index contributed by atoms with van der Waals surface area (Å²) in [5.41, 5.74) is 5.77. The van der Waals surface area contributed by atoms with Gasteiger partial charge in [0.05, 0.1) is 5.00 Å². The Morgan fingerprint density at radius 1 is 0.857 bits per heavy atom. The molecule has 0 spiro atoms. The standard InChI is InChI=1S/C12H9NS/c13-12-7-10-5-8-3-1-2-4-9(8)6-11(10)14-12/h1-7H,13H2. The maximum Gasteiger partial charge on any atom is 0.0868 e. The molecule has 1 aromatic heterocycles. The Morgan fingerprint density at radius 2 is 1.57 bits per heavy atom. The van der Waals surface area contributed by atoms with Crippen LogP contribution in [0, 0.1) is 0 Å². The van der Waals surface area contributed by atoms with Crippen molar-refractivity contribution >= 4 is 37.2 Å². The third-order valence-corrected chi connectivity index (χ3v) is 3.33. The maximum absolute atomic E-state index is 5.77. The molecule has 14 heavy (non-hydrogen) atoms. The second kappa shape index (κ2) is 2.72. The van der Waals surface area contributed by atoms with E-state index in [1.165, 1.54) is 20.9 Å². The first-order valence-corrected chi connectivity index (χ1v) is 5.32. The van der Waals surface area contributed by atoms with E-state index >= 15 is 0 Å². The zero-order valence-corrected chi connectivity index (χ0v) is 8.34. The van der Waals surface area contributed by atoms with Gasteiger partial charge in [0.15, 0.2) is 0 Å². The van der Waals surface area contributed by atoms with Crippen LogP contribution in [0.1, 0.15) is 0 Å². The predicted octanol–water partition coefficient (Wildman–Crippen LogP) is 3.64. The molecule has 0 saturated heterocycles. The first-order chi connectivity index (χ1) is 6.83. The molecule has 0 aliphatic heterocycles. The van der Waals surface area contributed by atoms with Crippen molar-refractivity contribution in [3.8, 4) is 0 Å².